The topological polar surface area (TPSA) is 213 Å². The molecule has 3 atom stereocenters. The molecule has 4 N–H and O–H groups in total. The highest BCUT2D eigenvalue weighted by Gasteiger charge is 2.46. The number of imide groups is 1. The molecule has 18 nitrogen and oxygen atoms in total. The molecule has 4 aliphatic heterocycles. The molecule has 2 aromatic carbocycles. The Hall–Kier alpha value is -7.37. The number of pyridine rings is 2. The standard InChI is InChI=1S/C54H65N11O7/c1-35-27-40(62-24-21-53(5,32-62)36-13-8-6-9-14-36)31-65-48(35)60-47(61-65)50(70)64-26-23-54(34-64)22-25-63(33-54)43-30-39(29-42(58-43)51(71)72-52(2,3)4)57-45(67)18-11-7-10-17-44(66)56-38-16-12-15-37(28-38)55-41-19-20-46(68)59-49(41)69/h6,8-9,12-16,27-31,41,55H,7,10-11,17-26,32-34H2,1-5H3,(H,56,66)(H,57,58,67)(H,59,68,69)/t41?,53-,54+/m0/s1. The number of ether oxygens (including phenoxy) is 1. The molecule has 0 saturated carbocycles. The van der Waals surface area contributed by atoms with Gasteiger partial charge in [0.25, 0.3) is 5.91 Å². The number of unbranched alkanes of at least 4 members (excludes halogenated alkanes) is 2. The van der Waals surface area contributed by atoms with Gasteiger partial charge < -0.3 is 35.4 Å². The maximum atomic E-state index is 14.1. The highest BCUT2D eigenvalue weighted by molar-refractivity contribution is 6.01. The van der Waals surface area contributed by atoms with Crippen LogP contribution in [0, 0.1) is 12.3 Å². The van der Waals surface area contributed by atoms with Crippen molar-refractivity contribution in [3.05, 3.63) is 102 Å². The van der Waals surface area contributed by atoms with Gasteiger partial charge in [0.05, 0.1) is 11.9 Å². The lowest BCUT2D eigenvalue weighted by Gasteiger charge is -2.26. The molecule has 0 radical (unpaired) electrons. The Kier molecular flexibility index (Phi) is 14.0. The van der Waals surface area contributed by atoms with E-state index in [1.807, 2.05) is 18.0 Å². The summed E-state index contributed by atoms with van der Waals surface area (Å²) in [6, 6.07) is 22.6. The summed E-state index contributed by atoms with van der Waals surface area (Å²) < 4.78 is 7.45. The molecule has 1 unspecified atom stereocenters. The van der Waals surface area contributed by atoms with E-state index in [2.05, 4.69) is 74.4 Å². The molecule has 1 spiro atoms. The van der Waals surface area contributed by atoms with E-state index >= 15 is 0 Å². The molecule has 4 aliphatic rings. The van der Waals surface area contributed by atoms with Crippen LogP contribution in [0.2, 0.25) is 0 Å². The van der Waals surface area contributed by atoms with Crippen LogP contribution >= 0.6 is 0 Å². The van der Waals surface area contributed by atoms with Gasteiger partial charge in [-0.25, -0.2) is 19.3 Å². The summed E-state index contributed by atoms with van der Waals surface area (Å²) in [5.74, 6) is -1.15. The second kappa shape index (κ2) is 20.4. The summed E-state index contributed by atoms with van der Waals surface area (Å²) in [6.45, 7) is 13.8. The van der Waals surface area contributed by atoms with Crippen molar-refractivity contribution in [2.75, 3.05) is 65.0 Å². The van der Waals surface area contributed by atoms with Crippen LogP contribution in [0.4, 0.5) is 28.6 Å². The number of esters is 1. The van der Waals surface area contributed by atoms with Crippen LogP contribution in [0.15, 0.2) is 79.0 Å². The summed E-state index contributed by atoms with van der Waals surface area (Å²) in [4.78, 5) is 93.1. The van der Waals surface area contributed by atoms with Crippen LogP contribution in [-0.4, -0.2) is 111 Å². The number of piperidine rings is 1. The number of likely N-dealkylation sites (tertiary alicyclic amines) is 1. The molecule has 4 fully saturated rings. The van der Waals surface area contributed by atoms with Gasteiger partial charge in [-0.3, -0.25) is 29.3 Å². The molecular weight excluding hydrogens is 915 g/mol. The van der Waals surface area contributed by atoms with E-state index in [0.717, 1.165) is 43.6 Å². The second-order valence-corrected chi connectivity index (χ2v) is 21.3. The number of nitrogens with zero attached hydrogens (tertiary/aromatic N) is 7. The van der Waals surface area contributed by atoms with E-state index < -0.39 is 17.6 Å². The van der Waals surface area contributed by atoms with E-state index in [9.17, 15) is 28.8 Å². The molecule has 0 aliphatic carbocycles. The minimum atomic E-state index is -0.763. The monoisotopic (exact) mass is 980 g/mol. The van der Waals surface area contributed by atoms with Crippen molar-refractivity contribution < 1.29 is 33.5 Å². The number of aryl methyl sites for hydroxylation is 1. The Bertz CT molecular complexity index is 2900. The first-order valence-electron chi connectivity index (χ1n) is 25.2. The fourth-order valence-corrected chi connectivity index (χ4v) is 10.5. The maximum Gasteiger partial charge on any atom is 0.357 e. The molecule has 7 heterocycles. The van der Waals surface area contributed by atoms with Gasteiger partial charge in [0.1, 0.15) is 17.5 Å². The zero-order valence-electron chi connectivity index (χ0n) is 41.9. The van der Waals surface area contributed by atoms with Crippen molar-refractivity contribution in [2.24, 2.45) is 5.41 Å². The Labute approximate surface area is 419 Å². The maximum absolute atomic E-state index is 14.1. The number of carbonyl (C=O) groups is 6. The van der Waals surface area contributed by atoms with Gasteiger partial charge in [-0.05, 0) is 108 Å². The summed E-state index contributed by atoms with van der Waals surface area (Å²) >= 11 is 0. The highest BCUT2D eigenvalue weighted by atomic mass is 16.6. The zero-order chi connectivity index (χ0) is 50.8. The van der Waals surface area contributed by atoms with E-state index in [4.69, 9.17) is 19.8 Å². The third kappa shape index (κ3) is 11.5. The normalized spacial score (nSPS) is 21.1. The van der Waals surface area contributed by atoms with Crippen LogP contribution < -0.4 is 31.1 Å². The summed E-state index contributed by atoms with van der Waals surface area (Å²) in [5, 5.41) is 16.0. The minimum Gasteiger partial charge on any atom is -0.455 e. The molecule has 9 rings (SSSR count). The first kappa shape index (κ1) is 49.6. The number of rotatable bonds is 15. The fraction of sp³-hybridized carbons (Fsp3) is 0.463. The van der Waals surface area contributed by atoms with Gasteiger partial charge in [-0.2, -0.15) is 0 Å². The summed E-state index contributed by atoms with van der Waals surface area (Å²) in [7, 11) is 0. The molecule has 5 aromatic rings. The van der Waals surface area contributed by atoms with Crippen molar-refractivity contribution in [2.45, 2.75) is 116 Å². The van der Waals surface area contributed by atoms with E-state index in [1.165, 1.54) is 11.6 Å². The lowest BCUT2D eigenvalue weighted by Crippen LogP contribution is -2.47. The highest BCUT2D eigenvalue weighted by Crippen LogP contribution is 2.42. The summed E-state index contributed by atoms with van der Waals surface area (Å²) in [5.41, 5.74) is 4.81. The van der Waals surface area contributed by atoms with E-state index in [-0.39, 0.29) is 71.1 Å². The Morgan fingerprint density at radius 2 is 1.51 bits per heavy atom. The number of hydrogen-bond donors (Lipinski definition) is 4. The second-order valence-electron chi connectivity index (χ2n) is 21.3. The number of anilines is 5. The average molecular weight is 980 g/mol. The van der Waals surface area contributed by atoms with Gasteiger partial charge >= 0.3 is 5.97 Å². The van der Waals surface area contributed by atoms with Crippen LogP contribution in [-0.2, 0) is 29.3 Å². The van der Waals surface area contributed by atoms with Crippen molar-refractivity contribution >= 4 is 69.7 Å². The van der Waals surface area contributed by atoms with Crippen molar-refractivity contribution in [1.29, 1.82) is 0 Å². The molecular formula is C54H65N11O7. The Morgan fingerprint density at radius 3 is 2.26 bits per heavy atom. The third-order valence-corrected chi connectivity index (χ3v) is 14.3. The van der Waals surface area contributed by atoms with Gasteiger partial charge in [-0.1, -0.05) is 49.7 Å². The molecule has 18 heteroatoms. The molecule has 378 valence electrons. The van der Waals surface area contributed by atoms with Crippen LogP contribution in [0.5, 0.6) is 0 Å². The van der Waals surface area contributed by atoms with Gasteiger partial charge in [0.15, 0.2) is 11.3 Å². The average Bonchev–Trinajstić information content (AvgIpc) is 4.16. The minimum absolute atomic E-state index is 0.0390. The molecule has 5 amide bonds. The number of fused-ring (bicyclic) bond motifs is 1. The summed E-state index contributed by atoms with van der Waals surface area (Å²) in [6.07, 6.45) is 7.49. The number of aromatic nitrogens is 4. The van der Waals surface area contributed by atoms with Crippen molar-refractivity contribution in [3.8, 4) is 0 Å². The van der Waals surface area contributed by atoms with Gasteiger partial charge in [0.2, 0.25) is 29.5 Å². The number of nitrogens with one attached hydrogen (secondary N) is 4. The Morgan fingerprint density at radius 1 is 0.792 bits per heavy atom. The molecule has 4 saturated heterocycles. The van der Waals surface area contributed by atoms with E-state index in [0.29, 0.717) is 80.4 Å². The molecule has 3 aromatic heterocycles. The molecule has 0 bridgehead atoms. The first-order chi connectivity index (χ1) is 34.4. The number of benzene rings is 2. The smallest absolute Gasteiger partial charge is 0.357 e. The SMILES string of the molecule is Cc1cc(N2CC[C@](C)(c3ccccc3)C2)cn2nc(C(=O)N3CC[C@@]4(CCN(c5cc(NC(=O)CCCCCC(=O)Nc6cccc(NC7CCC(=O)NC7=O)c6)cc(C(=O)OC(C)(C)C)n5)C4)C3)nc12. The van der Waals surface area contributed by atoms with E-state index in [1.54, 1.807) is 55.6 Å². The number of carbonyl (C=O) groups excluding carboxylic acids is 6. The predicted molar refractivity (Wildman–Crippen MR) is 274 cm³/mol. The lowest BCUT2D eigenvalue weighted by molar-refractivity contribution is -0.133. The zero-order valence-corrected chi connectivity index (χ0v) is 41.9. The van der Waals surface area contributed by atoms with Crippen molar-refractivity contribution in [3.63, 3.8) is 0 Å². The third-order valence-electron chi connectivity index (χ3n) is 14.3. The quantitative estimate of drug-likeness (QED) is 0.0472. The fourth-order valence-electron chi connectivity index (χ4n) is 10.5. The first-order valence-corrected chi connectivity index (χ1v) is 25.2. The van der Waals surface area contributed by atoms with Gasteiger partial charge in [-0.15, -0.1) is 5.10 Å². The van der Waals surface area contributed by atoms with Crippen LogP contribution in [0.1, 0.15) is 124 Å². The predicted octanol–water partition coefficient (Wildman–Crippen LogP) is 7.04. The molecule has 72 heavy (non-hydrogen) atoms. The number of hydrogen-bond acceptors (Lipinski definition) is 13. The van der Waals surface area contributed by atoms with Crippen LogP contribution in [0.3, 0.4) is 0 Å². The van der Waals surface area contributed by atoms with Gasteiger partial charge in [0, 0.05) is 92.5 Å². The van der Waals surface area contributed by atoms with Crippen molar-refractivity contribution in [1.82, 2.24) is 29.8 Å². The number of amides is 5. The van der Waals surface area contributed by atoms with Crippen LogP contribution in [0.25, 0.3) is 5.65 Å². The largest absolute Gasteiger partial charge is 0.455 e. The Balaban J connectivity index is 0.782. The lowest BCUT2D eigenvalue weighted by atomic mass is 9.82.